The van der Waals surface area contributed by atoms with Gasteiger partial charge in [0.15, 0.2) is 0 Å². The summed E-state index contributed by atoms with van der Waals surface area (Å²) in [5.41, 5.74) is -0.00336. The number of aliphatic carboxylic acids is 1. The van der Waals surface area contributed by atoms with Gasteiger partial charge in [0.05, 0.1) is 0 Å². The minimum Gasteiger partial charge on any atom is -0.480 e. The van der Waals surface area contributed by atoms with Crippen LogP contribution in [-0.2, 0) is 15.0 Å². The van der Waals surface area contributed by atoms with Crippen molar-refractivity contribution in [2.75, 3.05) is 13.1 Å². The number of rotatable bonds is 5. The molecule has 1 heterocycles. The highest BCUT2D eigenvalue weighted by Crippen LogP contribution is 2.25. The Morgan fingerprint density at radius 3 is 2.50 bits per heavy atom. The number of carboxylic acids is 1. The van der Waals surface area contributed by atoms with Crippen molar-refractivity contribution >= 4 is 16.2 Å². The van der Waals surface area contributed by atoms with Crippen LogP contribution >= 0.6 is 0 Å². The summed E-state index contributed by atoms with van der Waals surface area (Å²) in [5.74, 6) is -0.913. The van der Waals surface area contributed by atoms with Crippen molar-refractivity contribution in [3.63, 3.8) is 0 Å². The van der Waals surface area contributed by atoms with E-state index in [4.69, 9.17) is 5.11 Å². The van der Waals surface area contributed by atoms with E-state index in [-0.39, 0.29) is 17.9 Å². The average Bonchev–Trinajstić information content (AvgIpc) is 2.34. The lowest BCUT2D eigenvalue weighted by molar-refractivity contribution is -0.142. The molecule has 0 bridgehead atoms. The Balaban J connectivity index is 2.74. The van der Waals surface area contributed by atoms with Crippen molar-refractivity contribution in [1.29, 1.82) is 0 Å². The fourth-order valence-corrected chi connectivity index (χ4v) is 3.59. The van der Waals surface area contributed by atoms with Crippen molar-refractivity contribution in [2.45, 2.75) is 53.0 Å². The molecule has 0 saturated carbocycles. The number of nitrogens with zero attached hydrogens (tertiary/aromatic N) is 1. The first-order chi connectivity index (χ1) is 9.05. The van der Waals surface area contributed by atoms with Gasteiger partial charge in [-0.15, -0.1) is 0 Å². The number of hydrogen-bond donors (Lipinski definition) is 2. The predicted molar refractivity (Wildman–Crippen MR) is 77.5 cm³/mol. The van der Waals surface area contributed by atoms with Gasteiger partial charge in [-0.1, -0.05) is 27.7 Å². The zero-order valence-electron chi connectivity index (χ0n) is 12.7. The second-order valence-corrected chi connectivity index (χ2v) is 8.29. The van der Waals surface area contributed by atoms with Gasteiger partial charge in [0, 0.05) is 13.1 Å². The van der Waals surface area contributed by atoms with Crippen LogP contribution in [-0.4, -0.2) is 42.9 Å². The van der Waals surface area contributed by atoms with Gasteiger partial charge in [-0.05, 0) is 30.6 Å². The fraction of sp³-hybridized carbons (Fsp3) is 0.923. The molecule has 1 aliphatic rings. The molecule has 0 aromatic carbocycles. The Morgan fingerprint density at radius 1 is 1.40 bits per heavy atom. The number of nitrogens with one attached hydrogen (secondary N) is 1. The highest BCUT2D eigenvalue weighted by atomic mass is 32.2. The summed E-state index contributed by atoms with van der Waals surface area (Å²) in [5, 5.41) is 9.14. The molecular weight excluding hydrogens is 280 g/mol. The smallest absolute Gasteiger partial charge is 0.322 e. The lowest BCUT2D eigenvalue weighted by Gasteiger charge is -2.33. The van der Waals surface area contributed by atoms with E-state index in [1.807, 2.05) is 27.7 Å². The fourth-order valence-electron chi connectivity index (χ4n) is 2.06. The van der Waals surface area contributed by atoms with Gasteiger partial charge in [-0.25, -0.2) is 4.72 Å². The second-order valence-electron chi connectivity index (χ2n) is 6.58. The third kappa shape index (κ3) is 4.43. The predicted octanol–water partition coefficient (Wildman–Crippen LogP) is 1.44. The molecule has 0 aromatic heterocycles. The third-order valence-electron chi connectivity index (χ3n) is 4.10. The maximum absolute atomic E-state index is 12.3. The lowest BCUT2D eigenvalue weighted by atomic mass is 9.82. The topological polar surface area (TPSA) is 86.7 Å². The van der Waals surface area contributed by atoms with Gasteiger partial charge in [-0.2, -0.15) is 12.7 Å². The Kier molecular flexibility index (Phi) is 5.57. The molecule has 20 heavy (non-hydrogen) atoms. The summed E-state index contributed by atoms with van der Waals surface area (Å²) in [4.78, 5) is 11.2. The number of carbonyl (C=O) groups is 1. The van der Waals surface area contributed by atoms with Crippen molar-refractivity contribution in [3.05, 3.63) is 0 Å². The first-order valence-corrected chi connectivity index (χ1v) is 8.49. The molecule has 2 atom stereocenters. The Bertz CT molecular complexity index is 442. The first-order valence-electron chi connectivity index (χ1n) is 7.05. The van der Waals surface area contributed by atoms with Gasteiger partial charge in [0.25, 0.3) is 10.2 Å². The summed E-state index contributed by atoms with van der Waals surface area (Å²) in [6.07, 6.45) is 1.84. The monoisotopic (exact) mass is 306 g/mol. The molecule has 0 spiro atoms. The minimum absolute atomic E-state index is 0.00336. The van der Waals surface area contributed by atoms with Crippen LogP contribution < -0.4 is 4.72 Å². The zero-order chi connectivity index (χ0) is 15.6. The van der Waals surface area contributed by atoms with E-state index in [0.29, 0.717) is 19.4 Å². The summed E-state index contributed by atoms with van der Waals surface area (Å²) in [6.45, 7) is 8.71. The first kappa shape index (κ1) is 17.4. The summed E-state index contributed by atoms with van der Waals surface area (Å²) in [7, 11) is -3.73. The van der Waals surface area contributed by atoms with Crippen molar-refractivity contribution in [2.24, 2.45) is 11.3 Å². The Morgan fingerprint density at radius 2 is 2.00 bits per heavy atom. The molecular formula is C13H26N2O4S. The molecule has 7 heteroatoms. The van der Waals surface area contributed by atoms with Crippen molar-refractivity contribution in [1.82, 2.24) is 9.03 Å². The average molecular weight is 306 g/mol. The van der Waals surface area contributed by atoms with Crippen molar-refractivity contribution in [3.8, 4) is 0 Å². The molecule has 0 radical (unpaired) electrons. The van der Waals surface area contributed by atoms with E-state index < -0.39 is 22.2 Å². The van der Waals surface area contributed by atoms with Gasteiger partial charge in [0.1, 0.15) is 6.04 Å². The molecule has 2 unspecified atom stereocenters. The summed E-state index contributed by atoms with van der Waals surface area (Å²) >= 11 is 0. The molecule has 1 aliphatic heterocycles. The number of piperidine rings is 1. The van der Waals surface area contributed by atoms with E-state index in [1.165, 1.54) is 0 Å². The normalized spacial score (nSPS) is 23.5. The van der Waals surface area contributed by atoms with E-state index in [9.17, 15) is 13.2 Å². The van der Waals surface area contributed by atoms with E-state index in [1.54, 1.807) is 0 Å². The van der Waals surface area contributed by atoms with Crippen molar-refractivity contribution < 1.29 is 18.3 Å². The second kappa shape index (κ2) is 6.41. The molecule has 6 nitrogen and oxygen atoms in total. The van der Waals surface area contributed by atoms with Gasteiger partial charge in [-0.3, -0.25) is 4.79 Å². The van der Waals surface area contributed by atoms with Gasteiger partial charge < -0.3 is 5.11 Å². The van der Waals surface area contributed by atoms with Crippen LogP contribution in [0.2, 0.25) is 0 Å². The maximum atomic E-state index is 12.3. The zero-order valence-corrected chi connectivity index (χ0v) is 13.5. The lowest BCUT2D eigenvalue weighted by Crippen LogP contribution is -2.53. The van der Waals surface area contributed by atoms with Crippen LogP contribution in [0.25, 0.3) is 0 Å². The Labute approximate surface area is 121 Å². The van der Waals surface area contributed by atoms with Gasteiger partial charge in [0.2, 0.25) is 0 Å². The Hall–Kier alpha value is -0.660. The van der Waals surface area contributed by atoms with Crippen LogP contribution in [0.4, 0.5) is 0 Å². The molecule has 2 N–H and O–H groups in total. The highest BCUT2D eigenvalue weighted by Gasteiger charge is 2.37. The SMILES string of the molecule is CC(CNS(=O)(=O)N1CCCCC1C(=O)O)C(C)(C)C. The molecule has 118 valence electrons. The van der Waals surface area contributed by atoms with E-state index in [0.717, 1.165) is 10.7 Å². The highest BCUT2D eigenvalue weighted by molar-refractivity contribution is 7.87. The maximum Gasteiger partial charge on any atom is 0.322 e. The minimum atomic E-state index is -3.73. The molecule has 0 aliphatic carbocycles. The van der Waals surface area contributed by atoms with Crippen LogP contribution in [0, 0.1) is 11.3 Å². The van der Waals surface area contributed by atoms with E-state index in [2.05, 4.69) is 4.72 Å². The molecule has 1 rings (SSSR count). The van der Waals surface area contributed by atoms with Crippen LogP contribution in [0.1, 0.15) is 47.0 Å². The number of hydrogen-bond acceptors (Lipinski definition) is 3. The van der Waals surface area contributed by atoms with Crippen LogP contribution in [0.15, 0.2) is 0 Å². The molecule has 1 saturated heterocycles. The van der Waals surface area contributed by atoms with Crippen LogP contribution in [0.3, 0.4) is 0 Å². The molecule has 0 aromatic rings. The number of carboxylic acid groups (broad SMARTS) is 1. The molecule has 1 fully saturated rings. The van der Waals surface area contributed by atoms with Crippen LogP contribution in [0.5, 0.6) is 0 Å². The standard InChI is InChI=1S/C13H26N2O4S/c1-10(13(2,3)4)9-14-20(18,19)15-8-6-5-7-11(15)12(16)17/h10-11,14H,5-9H2,1-4H3,(H,16,17). The quantitative estimate of drug-likeness (QED) is 0.804. The largest absolute Gasteiger partial charge is 0.480 e. The van der Waals surface area contributed by atoms with Gasteiger partial charge >= 0.3 is 5.97 Å². The molecule has 0 amide bonds. The summed E-state index contributed by atoms with van der Waals surface area (Å²) in [6, 6.07) is -0.939. The summed E-state index contributed by atoms with van der Waals surface area (Å²) < 4.78 is 28.2. The third-order valence-corrected chi connectivity index (χ3v) is 5.68. The van der Waals surface area contributed by atoms with E-state index >= 15 is 0 Å².